The van der Waals surface area contributed by atoms with Gasteiger partial charge in [-0.05, 0) is 39.0 Å². The molecule has 0 atom stereocenters. The Bertz CT molecular complexity index is 836. The molecule has 0 amide bonds. The van der Waals surface area contributed by atoms with Gasteiger partial charge in [0.25, 0.3) is 0 Å². The van der Waals surface area contributed by atoms with Crippen molar-refractivity contribution < 1.29 is 14.3 Å². The van der Waals surface area contributed by atoms with Gasteiger partial charge in [-0.1, -0.05) is 6.07 Å². The minimum atomic E-state index is -0.416. The number of nitrogens with one attached hydrogen (secondary N) is 1. The SMILES string of the molecule is CCOC(=O)c1cc2c(cn1)[nH]c1cccc(OC(C)C)c12. The van der Waals surface area contributed by atoms with Crippen LogP contribution in [-0.4, -0.2) is 28.6 Å². The second-order valence-corrected chi connectivity index (χ2v) is 5.31. The Hall–Kier alpha value is -2.56. The number of aromatic nitrogens is 2. The molecule has 3 aromatic rings. The van der Waals surface area contributed by atoms with Crippen molar-refractivity contribution in [2.24, 2.45) is 0 Å². The molecule has 0 aliphatic heterocycles. The van der Waals surface area contributed by atoms with Gasteiger partial charge in [0.1, 0.15) is 11.4 Å². The number of benzene rings is 1. The fraction of sp³-hybridized carbons (Fsp3) is 0.294. The van der Waals surface area contributed by atoms with Gasteiger partial charge in [-0.15, -0.1) is 0 Å². The third kappa shape index (κ3) is 2.50. The third-order valence-electron chi connectivity index (χ3n) is 3.32. The average Bonchev–Trinajstić information content (AvgIpc) is 2.85. The number of carbonyl (C=O) groups is 1. The van der Waals surface area contributed by atoms with E-state index < -0.39 is 5.97 Å². The lowest BCUT2D eigenvalue weighted by molar-refractivity contribution is 0.0519. The maximum Gasteiger partial charge on any atom is 0.356 e. The van der Waals surface area contributed by atoms with Gasteiger partial charge in [0.15, 0.2) is 0 Å². The van der Waals surface area contributed by atoms with Crippen LogP contribution < -0.4 is 4.74 Å². The van der Waals surface area contributed by atoms with Crippen molar-refractivity contribution in [2.45, 2.75) is 26.9 Å². The summed E-state index contributed by atoms with van der Waals surface area (Å²) >= 11 is 0. The zero-order chi connectivity index (χ0) is 15.7. The molecule has 0 fully saturated rings. The molecule has 0 aliphatic rings. The standard InChI is InChI=1S/C17H18N2O3/c1-4-21-17(20)13-8-11-14(9-18-13)19-12-6-5-7-15(16(11)12)22-10(2)3/h5-10,19H,4H2,1-3H3. The molecule has 2 aromatic heterocycles. The Morgan fingerprint density at radius 1 is 1.32 bits per heavy atom. The van der Waals surface area contributed by atoms with E-state index in [-0.39, 0.29) is 6.10 Å². The number of carbonyl (C=O) groups excluding carboxylic acids is 1. The van der Waals surface area contributed by atoms with Crippen LogP contribution in [0.2, 0.25) is 0 Å². The zero-order valence-electron chi connectivity index (χ0n) is 12.8. The van der Waals surface area contributed by atoms with E-state index in [4.69, 9.17) is 9.47 Å². The van der Waals surface area contributed by atoms with Crippen LogP contribution in [-0.2, 0) is 4.74 Å². The van der Waals surface area contributed by atoms with Crippen LogP contribution >= 0.6 is 0 Å². The van der Waals surface area contributed by atoms with Crippen LogP contribution in [0.15, 0.2) is 30.5 Å². The lowest BCUT2D eigenvalue weighted by atomic mass is 10.1. The number of pyridine rings is 1. The van der Waals surface area contributed by atoms with Crippen molar-refractivity contribution in [3.05, 3.63) is 36.2 Å². The highest BCUT2D eigenvalue weighted by molar-refractivity contribution is 6.11. The molecule has 0 radical (unpaired) electrons. The van der Waals surface area contributed by atoms with Gasteiger partial charge in [-0.25, -0.2) is 9.78 Å². The highest BCUT2D eigenvalue weighted by atomic mass is 16.5. The monoisotopic (exact) mass is 298 g/mol. The Balaban J connectivity index is 2.21. The lowest BCUT2D eigenvalue weighted by Gasteiger charge is -2.11. The molecule has 0 aliphatic carbocycles. The summed E-state index contributed by atoms with van der Waals surface area (Å²) in [5, 5.41) is 1.86. The molecule has 5 heteroatoms. The minimum absolute atomic E-state index is 0.0712. The molecule has 1 aromatic carbocycles. The minimum Gasteiger partial charge on any atom is -0.490 e. The number of esters is 1. The summed E-state index contributed by atoms with van der Waals surface area (Å²) in [7, 11) is 0. The van der Waals surface area contributed by atoms with Gasteiger partial charge in [-0.3, -0.25) is 0 Å². The molecule has 5 nitrogen and oxygen atoms in total. The lowest BCUT2D eigenvalue weighted by Crippen LogP contribution is -2.07. The van der Waals surface area contributed by atoms with E-state index in [1.165, 1.54) is 0 Å². The van der Waals surface area contributed by atoms with E-state index in [1.54, 1.807) is 19.2 Å². The van der Waals surface area contributed by atoms with Crippen LogP contribution in [0, 0.1) is 0 Å². The van der Waals surface area contributed by atoms with E-state index in [9.17, 15) is 4.79 Å². The summed E-state index contributed by atoms with van der Waals surface area (Å²) < 4.78 is 10.9. The summed E-state index contributed by atoms with van der Waals surface area (Å²) in [6, 6.07) is 7.60. The van der Waals surface area contributed by atoms with E-state index in [0.29, 0.717) is 12.3 Å². The zero-order valence-corrected chi connectivity index (χ0v) is 12.8. The number of nitrogens with zero attached hydrogens (tertiary/aromatic N) is 1. The van der Waals surface area contributed by atoms with Gasteiger partial charge < -0.3 is 14.5 Å². The van der Waals surface area contributed by atoms with E-state index in [2.05, 4.69) is 9.97 Å². The topological polar surface area (TPSA) is 64.2 Å². The van der Waals surface area contributed by atoms with Crippen molar-refractivity contribution >= 4 is 27.8 Å². The van der Waals surface area contributed by atoms with E-state index in [1.807, 2.05) is 32.0 Å². The molecule has 2 heterocycles. The number of rotatable bonds is 4. The Labute approximate surface area is 128 Å². The molecule has 0 saturated carbocycles. The number of aromatic amines is 1. The van der Waals surface area contributed by atoms with Crippen LogP contribution in [0.5, 0.6) is 5.75 Å². The van der Waals surface area contributed by atoms with Gasteiger partial charge >= 0.3 is 5.97 Å². The Morgan fingerprint density at radius 2 is 2.14 bits per heavy atom. The van der Waals surface area contributed by atoms with E-state index >= 15 is 0 Å². The normalized spacial score (nSPS) is 11.3. The molecule has 0 unspecified atom stereocenters. The molecule has 114 valence electrons. The fourth-order valence-corrected chi connectivity index (χ4v) is 2.49. The third-order valence-corrected chi connectivity index (χ3v) is 3.32. The molecule has 0 bridgehead atoms. The Kier molecular flexibility index (Phi) is 3.71. The predicted molar refractivity (Wildman–Crippen MR) is 85.3 cm³/mol. The van der Waals surface area contributed by atoms with Crippen LogP contribution in [0.3, 0.4) is 0 Å². The fourth-order valence-electron chi connectivity index (χ4n) is 2.49. The highest BCUT2D eigenvalue weighted by Gasteiger charge is 2.15. The number of hydrogen-bond acceptors (Lipinski definition) is 4. The first-order chi connectivity index (χ1) is 10.6. The maximum atomic E-state index is 11.9. The van der Waals surface area contributed by atoms with Crippen molar-refractivity contribution in [3.63, 3.8) is 0 Å². The van der Waals surface area contributed by atoms with E-state index in [0.717, 1.165) is 27.6 Å². The number of H-pyrrole nitrogens is 1. The molecular formula is C17H18N2O3. The van der Waals surface area contributed by atoms with Gasteiger partial charge in [-0.2, -0.15) is 0 Å². The van der Waals surface area contributed by atoms with Crippen LogP contribution in [0.1, 0.15) is 31.3 Å². The highest BCUT2D eigenvalue weighted by Crippen LogP contribution is 2.33. The van der Waals surface area contributed by atoms with Crippen molar-refractivity contribution in [3.8, 4) is 5.75 Å². The number of fused-ring (bicyclic) bond motifs is 3. The first-order valence-electron chi connectivity index (χ1n) is 7.34. The van der Waals surface area contributed by atoms with Gasteiger partial charge in [0, 0.05) is 10.8 Å². The maximum absolute atomic E-state index is 11.9. The number of hydrogen-bond donors (Lipinski definition) is 1. The second kappa shape index (κ2) is 5.67. The van der Waals surface area contributed by atoms with Gasteiger partial charge in [0.05, 0.1) is 29.9 Å². The molecular weight excluding hydrogens is 280 g/mol. The van der Waals surface area contributed by atoms with Crippen molar-refractivity contribution in [2.75, 3.05) is 6.61 Å². The first-order valence-corrected chi connectivity index (χ1v) is 7.34. The molecule has 1 N–H and O–H groups in total. The molecule has 0 spiro atoms. The quantitative estimate of drug-likeness (QED) is 0.746. The largest absolute Gasteiger partial charge is 0.490 e. The summed E-state index contributed by atoms with van der Waals surface area (Å²) in [5.41, 5.74) is 2.12. The summed E-state index contributed by atoms with van der Waals surface area (Å²) in [6.07, 6.45) is 1.72. The average molecular weight is 298 g/mol. The second-order valence-electron chi connectivity index (χ2n) is 5.31. The van der Waals surface area contributed by atoms with Crippen LogP contribution in [0.25, 0.3) is 21.8 Å². The smallest absolute Gasteiger partial charge is 0.356 e. The molecule has 22 heavy (non-hydrogen) atoms. The Morgan fingerprint density at radius 3 is 2.86 bits per heavy atom. The molecule has 3 rings (SSSR count). The van der Waals surface area contributed by atoms with Gasteiger partial charge in [0.2, 0.25) is 0 Å². The predicted octanol–water partition coefficient (Wildman–Crippen LogP) is 3.68. The summed E-state index contributed by atoms with van der Waals surface area (Å²) in [5.74, 6) is 0.376. The summed E-state index contributed by atoms with van der Waals surface area (Å²) in [6.45, 7) is 6.07. The first kappa shape index (κ1) is 14.4. The van der Waals surface area contributed by atoms with Crippen molar-refractivity contribution in [1.29, 1.82) is 0 Å². The van der Waals surface area contributed by atoms with Crippen LogP contribution in [0.4, 0.5) is 0 Å². The summed E-state index contributed by atoms with van der Waals surface area (Å²) in [4.78, 5) is 19.3. The number of ether oxygens (including phenoxy) is 2. The molecule has 0 saturated heterocycles. The van der Waals surface area contributed by atoms with Crippen molar-refractivity contribution in [1.82, 2.24) is 9.97 Å².